The van der Waals surface area contributed by atoms with Gasteiger partial charge in [0.05, 0.1) is 22.8 Å². The number of rotatable bonds is 4. The lowest BCUT2D eigenvalue weighted by Gasteiger charge is -2.32. The summed E-state index contributed by atoms with van der Waals surface area (Å²) in [4.78, 5) is 3.76. The molecule has 0 aliphatic carbocycles. The Morgan fingerprint density at radius 3 is 2.03 bits per heavy atom. The SMILES string of the molecule is CC(C)(O)[C@@H](Nc1cc(C(F)(F)F)cc2ncnn12)c1ccc(C(F)(F)F)cc1. The lowest BCUT2D eigenvalue weighted by atomic mass is 9.91. The molecule has 3 aromatic rings. The van der Waals surface area contributed by atoms with Crippen LogP contribution in [0.1, 0.15) is 36.6 Å². The molecule has 1 atom stereocenters. The monoisotopic (exact) mass is 418 g/mol. The molecular weight excluding hydrogens is 402 g/mol. The first-order chi connectivity index (χ1) is 13.3. The third-order valence-electron chi connectivity index (χ3n) is 4.28. The Morgan fingerprint density at radius 1 is 0.931 bits per heavy atom. The molecule has 11 heteroatoms. The molecule has 29 heavy (non-hydrogen) atoms. The number of nitrogens with one attached hydrogen (secondary N) is 1. The molecule has 0 aliphatic heterocycles. The van der Waals surface area contributed by atoms with Crippen molar-refractivity contribution in [2.45, 2.75) is 37.8 Å². The minimum Gasteiger partial charge on any atom is -0.388 e. The van der Waals surface area contributed by atoms with Gasteiger partial charge in [0.1, 0.15) is 12.1 Å². The number of pyridine rings is 1. The summed E-state index contributed by atoms with van der Waals surface area (Å²) in [5, 5.41) is 17.1. The highest BCUT2D eigenvalue weighted by Crippen LogP contribution is 2.36. The van der Waals surface area contributed by atoms with Gasteiger partial charge in [-0.1, -0.05) is 12.1 Å². The normalized spacial score (nSPS) is 14.2. The zero-order valence-electron chi connectivity index (χ0n) is 15.2. The average Bonchev–Trinajstić information content (AvgIpc) is 3.05. The van der Waals surface area contributed by atoms with Gasteiger partial charge in [-0.3, -0.25) is 0 Å². The van der Waals surface area contributed by atoms with Crippen LogP contribution in [-0.4, -0.2) is 25.3 Å². The van der Waals surface area contributed by atoms with Crippen LogP contribution in [0.25, 0.3) is 5.65 Å². The summed E-state index contributed by atoms with van der Waals surface area (Å²) in [6, 6.07) is 4.57. The minimum absolute atomic E-state index is 0.0794. The van der Waals surface area contributed by atoms with Gasteiger partial charge < -0.3 is 10.4 Å². The molecule has 2 aromatic heterocycles. The fourth-order valence-corrected chi connectivity index (χ4v) is 2.87. The summed E-state index contributed by atoms with van der Waals surface area (Å²) < 4.78 is 79.2. The number of fused-ring (bicyclic) bond motifs is 1. The molecule has 1 aromatic carbocycles. The number of aromatic nitrogens is 3. The second-order valence-electron chi connectivity index (χ2n) is 7.01. The first-order valence-electron chi connectivity index (χ1n) is 8.34. The van der Waals surface area contributed by atoms with Crippen molar-refractivity contribution in [3.8, 4) is 0 Å². The summed E-state index contributed by atoms with van der Waals surface area (Å²) in [7, 11) is 0. The van der Waals surface area contributed by atoms with E-state index in [0.717, 1.165) is 47.2 Å². The van der Waals surface area contributed by atoms with Crippen molar-refractivity contribution in [2.75, 3.05) is 5.32 Å². The van der Waals surface area contributed by atoms with E-state index in [9.17, 15) is 31.4 Å². The summed E-state index contributed by atoms with van der Waals surface area (Å²) in [6.07, 6.45) is -8.12. The van der Waals surface area contributed by atoms with Gasteiger partial charge in [0, 0.05) is 0 Å². The highest BCUT2D eigenvalue weighted by atomic mass is 19.4. The van der Waals surface area contributed by atoms with E-state index in [2.05, 4.69) is 15.4 Å². The van der Waals surface area contributed by atoms with Crippen molar-refractivity contribution in [3.63, 3.8) is 0 Å². The lowest BCUT2D eigenvalue weighted by Crippen LogP contribution is -2.35. The second kappa shape index (κ2) is 6.90. The molecule has 2 N–H and O–H groups in total. The molecule has 0 amide bonds. The number of aliphatic hydroxyl groups is 1. The van der Waals surface area contributed by atoms with Gasteiger partial charge in [0.15, 0.2) is 5.65 Å². The smallest absolute Gasteiger partial charge is 0.388 e. The summed E-state index contributed by atoms with van der Waals surface area (Å²) >= 11 is 0. The number of benzene rings is 1. The molecular formula is C18H16F6N4O. The Kier molecular flexibility index (Phi) is 4.98. The number of halogens is 6. The first kappa shape index (κ1) is 20.9. The minimum atomic E-state index is -4.65. The van der Waals surface area contributed by atoms with Crippen LogP contribution in [0, 0.1) is 0 Å². The van der Waals surface area contributed by atoms with Crippen molar-refractivity contribution in [3.05, 3.63) is 59.4 Å². The predicted octanol–water partition coefficient (Wildman–Crippen LogP) is 4.69. The third kappa shape index (κ3) is 4.44. The lowest BCUT2D eigenvalue weighted by molar-refractivity contribution is -0.138. The van der Waals surface area contributed by atoms with Crippen LogP contribution in [0.3, 0.4) is 0 Å². The van der Waals surface area contributed by atoms with E-state index in [1.54, 1.807) is 0 Å². The number of nitrogens with zero attached hydrogens (tertiary/aromatic N) is 3. The molecule has 0 aliphatic rings. The number of hydrogen-bond donors (Lipinski definition) is 2. The van der Waals surface area contributed by atoms with Crippen molar-refractivity contribution < 1.29 is 31.4 Å². The fraction of sp³-hybridized carbons (Fsp3) is 0.333. The van der Waals surface area contributed by atoms with Crippen LogP contribution in [-0.2, 0) is 12.4 Å². The molecule has 156 valence electrons. The second-order valence-corrected chi connectivity index (χ2v) is 7.01. The van der Waals surface area contributed by atoms with Crippen LogP contribution in [0.2, 0.25) is 0 Å². The molecule has 3 rings (SSSR count). The van der Waals surface area contributed by atoms with E-state index in [4.69, 9.17) is 0 Å². The van der Waals surface area contributed by atoms with Crippen LogP contribution >= 0.6 is 0 Å². The number of alkyl halides is 6. The number of anilines is 1. The Bertz CT molecular complexity index is 1000. The van der Waals surface area contributed by atoms with Crippen LogP contribution in [0.15, 0.2) is 42.7 Å². The zero-order chi connectivity index (χ0) is 21.6. The van der Waals surface area contributed by atoms with E-state index >= 15 is 0 Å². The van der Waals surface area contributed by atoms with Gasteiger partial charge in [-0.15, -0.1) is 0 Å². The van der Waals surface area contributed by atoms with E-state index in [-0.39, 0.29) is 17.0 Å². The Labute approximate surface area is 161 Å². The van der Waals surface area contributed by atoms with Crippen LogP contribution in [0.5, 0.6) is 0 Å². The molecule has 2 heterocycles. The third-order valence-corrected chi connectivity index (χ3v) is 4.28. The van der Waals surface area contributed by atoms with Crippen molar-refractivity contribution >= 4 is 11.5 Å². The van der Waals surface area contributed by atoms with Crippen molar-refractivity contribution in [1.82, 2.24) is 14.6 Å². The molecule has 5 nitrogen and oxygen atoms in total. The zero-order valence-corrected chi connectivity index (χ0v) is 15.2. The summed E-state index contributed by atoms with van der Waals surface area (Å²) in [6.45, 7) is 2.77. The highest BCUT2D eigenvalue weighted by Gasteiger charge is 2.35. The van der Waals surface area contributed by atoms with E-state index in [0.29, 0.717) is 0 Å². The maximum Gasteiger partial charge on any atom is 0.416 e. The van der Waals surface area contributed by atoms with Gasteiger partial charge >= 0.3 is 12.4 Å². The Morgan fingerprint density at radius 2 is 1.52 bits per heavy atom. The average molecular weight is 418 g/mol. The van der Waals surface area contributed by atoms with Crippen LogP contribution in [0.4, 0.5) is 32.2 Å². The quantitative estimate of drug-likeness (QED) is 0.604. The van der Waals surface area contributed by atoms with Crippen LogP contribution < -0.4 is 5.32 Å². The van der Waals surface area contributed by atoms with Crippen molar-refractivity contribution in [1.29, 1.82) is 0 Å². The predicted molar refractivity (Wildman–Crippen MR) is 92.1 cm³/mol. The van der Waals surface area contributed by atoms with Gasteiger partial charge in [0.25, 0.3) is 0 Å². The topological polar surface area (TPSA) is 62.5 Å². The largest absolute Gasteiger partial charge is 0.416 e. The van der Waals surface area contributed by atoms with Gasteiger partial charge in [-0.05, 0) is 43.7 Å². The van der Waals surface area contributed by atoms with E-state index < -0.39 is 35.1 Å². The van der Waals surface area contributed by atoms with E-state index in [1.807, 2.05) is 0 Å². The molecule has 0 bridgehead atoms. The van der Waals surface area contributed by atoms with Gasteiger partial charge in [0.2, 0.25) is 0 Å². The summed E-state index contributed by atoms with van der Waals surface area (Å²) in [5.41, 5.74) is -3.24. The number of hydrogen-bond acceptors (Lipinski definition) is 4. The molecule has 0 spiro atoms. The molecule has 0 saturated carbocycles. The fourth-order valence-electron chi connectivity index (χ4n) is 2.87. The van der Waals surface area contributed by atoms with Crippen molar-refractivity contribution in [2.24, 2.45) is 0 Å². The molecule has 0 radical (unpaired) electrons. The first-order valence-corrected chi connectivity index (χ1v) is 8.34. The Balaban J connectivity index is 2.06. The van der Waals surface area contributed by atoms with Gasteiger partial charge in [-0.2, -0.15) is 36.0 Å². The molecule has 0 saturated heterocycles. The molecule has 0 unspecified atom stereocenters. The van der Waals surface area contributed by atoms with Gasteiger partial charge in [-0.25, -0.2) is 4.98 Å². The standard InChI is InChI=1S/C18H16F6N4O/c1-16(2,29)15(10-3-5-11(6-4-10)17(19,20)21)27-14-8-12(18(22,23)24)7-13-25-9-26-28(13)14/h3-9,15,27,29H,1-2H3/t15-/m0/s1. The molecule has 0 fully saturated rings. The summed E-state index contributed by atoms with van der Waals surface area (Å²) in [5.74, 6) is -0.126. The maximum absolute atomic E-state index is 13.2. The highest BCUT2D eigenvalue weighted by molar-refractivity contribution is 5.54. The van der Waals surface area contributed by atoms with E-state index in [1.165, 1.54) is 13.8 Å². The Hall–Kier alpha value is -2.82. The maximum atomic E-state index is 13.2.